The number of nitrogens with two attached hydrogens (primary N) is 1. The molecule has 1 aromatic carbocycles. The zero-order valence-corrected chi connectivity index (χ0v) is 15.4. The minimum Gasteiger partial charge on any atom is -0.385 e. The number of benzene rings is 1. The number of aryl methyl sites for hydroxylation is 1. The molecule has 2 atom stereocenters. The average molecular weight is 398 g/mol. The van der Waals surface area contributed by atoms with Crippen molar-refractivity contribution in [1.82, 2.24) is 10.1 Å². The van der Waals surface area contributed by atoms with Crippen LogP contribution in [0.4, 0.5) is 17.6 Å². The molecule has 1 aliphatic rings. The third kappa shape index (κ3) is 3.27. The number of amidine groups is 1. The Morgan fingerprint density at radius 2 is 1.96 bits per heavy atom. The van der Waals surface area contributed by atoms with E-state index >= 15 is 0 Å². The van der Waals surface area contributed by atoms with Crippen LogP contribution in [0.15, 0.2) is 27.7 Å². The Morgan fingerprint density at radius 1 is 1.29 bits per heavy atom. The van der Waals surface area contributed by atoms with Crippen molar-refractivity contribution in [2.45, 2.75) is 50.7 Å². The Balaban J connectivity index is 2.01. The number of rotatable bonds is 4. The van der Waals surface area contributed by atoms with Crippen LogP contribution in [0, 0.1) is 12.7 Å². The van der Waals surface area contributed by atoms with Crippen molar-refractivity contribution < 1.29 is 26.9 Å². The topological polar surface area (TPSA) is 94.4 Å². The van der Waals surface area contributed by atoms with Gasteiger partial charge in [0.15, 0.2) is 17.0 Å². The Kier molecular flexibility index (Phi) is 4.55. The number of aliphatic imine (C=N–C) groups is 1. The summed E-state index contributed by atoms with van der Waals surface area (Å²) < 4.78 is 63.1. The van der Waals surface area contributed by atoms with Gasteiger partial charge in [-0.3, -0.25) is 9.79 Å². The van der Waals surface area contributed by atoms with Gasteiger partial charge < -0.3 is 10.3 Å². The monoisotopic (exact) mass is 398 g/mol. The number of hydrogen-bond acceptors (Lipinski definition) is 6. The van der Waals surface area contributed by atoms with Gasteiger partial charge in [0.05, 0.1) is 6.42 Å². The summed E-state index contributed by atoms with van der Waals surface area (Å²) in [5, 5.41) is 3.50. The quantitative estimate of drug-likeness (QED) is 0.630. The van der Waals surface area contributed by atoms with Crippen molar-refractivity contribution in [1.29, 1.82) is 0 Å². The summed E-state index contributed by atoms with van der Waals surface area (Å²) in [6, 6.07) is 3.33. The van der Waals surface area contributed by atoms with Crippen LogP contribution in [-0.2, 0) is 12.0 Å². The van der Waals surface area contributed by atoms with Crippen LogP contribution in [-0.4, -0.2) is 33.4 Å². The molecule has 0 unspecified atom stereocenters. The van der Waals surface area contributed by atoms with Crippen LogP contribution in [0.3, 0.4) is 0 Å². The minimum atomic E-state index is -3.72. The van der Waals surface area contributed by atoms with Crippen molar-refractivity contribution >= 4 is 11.6 Å². The van der Waals surface area contributed by atoms with Crippen LogP contribution in [0.2, 0.25) is 0 Å². The first-order valence-electron chi connectivity index (χ1n) is 8.41. The lowest BCUT2D eigenvalue weighted by molar-refractivity contribution is -0.106. The summed E-state index contributed by atoms with van der Waals surface area (Å²) in [6.07, 6.45) is -1.52. The number of halogens is 4. The summed E-state index contributed by atoms with van der Waals surface area (Å²) in [5.41, 5.74) is 0.346. The van der Waals surface area contributed by atoms with Gasteiger partial charge in [-0.15, -0.1) is 0 Å². The van der Waals surface area contributed by atoms with E-state index in [9.17, 15) is 22.4 Å². The van der Waals surface area contributed by atoms with E-state index in [-0.39, 0.29) is 23.7 Å². The third-order valence-electron chi connectivity index (χ3n) is 4.83. The molecule has 2 heterocycles. The van der Waals surface area contributed by atoms with Crippen molar-refractivity contribution in [3.05, 3.63) is 46.9 Å². The van der Waals surface area contributed by atoms with Gasteiger partial charge in [0, 0.05) is 12.0 Å². The maximum atomic E-state index is 14.8. The number of ketones is 1. The molecule has 1 aromatic heterocycles. The van der Waals surface area contributed by atoms with Gasteiger partial charge in [-0.2, -0.15) is 4.98 Å². The summed E-state index contributed by atoms with van der Waals surface area (Å²) in [6.45, 7) is 3.42. The molecule has 1 aliphatic heterocycles. The molecule has 0 amide bonds. The van der Waals surface area contributed by atoms with Gasteiger partial charge in [-0.05, 0) is 38.5 Å². The highest BCUT2D eigenvalue weighted by molar-refractivity contribution is 5.93. The fourth-order valence-electron chi connectivity index (χ4n) is 3.10. The first-order chi connectivity index (χ1) is 12.9. The molecular formula is C18H18F4N4O2. The van der Waals surface area contributed by atoms with Crippen molar-refractivity contribution in [2.75, 3.05) is 0 Å². The fraction of sp³-hybridized carbons (Fsp3) is 0.444. The van der Waals surface area contributed by atoms with Gasteiger partial charge in [-0.1, -0.05) is 11.2 Å². The number of alkyl halides is 3. The second-order valence-electron chi connectivity index (χ2n) is 7.21. The van der Waals surface area contributed by atoms with E-state index in [2.05, 4.69) is 15.1 Å². The van der Waals surface area contributed by atoms with E-state index < -0.39 is 46.6 Å². The van der Waals surface area contributed by atoms with Crippen molar-refractivity contribution in [3.8, 4) is 0 Å². The minimum absolute atomic E-state index is 0.233. The molecule has 2 aromatic rings. The molecular weight excluding hydrogens is 380 g/mol. The van der Waals surface area contributed by atoms with E-state index in [1.807, 2.05) is 0 Å². The average Bonchev–Trinajstić information content (AvgIpc) is 3.01. The van der Waals surface area contributed by atoms with Crippen molar-refractivity contribution in [2.24, 2.45) is 10.7 Å². The van der Waals surface area contributed by atoms with Crippen molar-refractivity contribution in [3.63, 3.8) is 0 Å². The van der Waals surface area contributed by atoms with E-state index in [4.69, 9.17) is 10.3 Å². The lowest BCUT2D eigenvalue weighted by Gasteiger charge is -2.42. The van der Waals surface area contributed by atoms with Crippen LogP contribution < -0.4 is 5.73 Å². The summed E-state index contributed by atoms with van der Waals surface area (Å²) >= 11 is 0. The van der Waals surface area contributed by atoms with Gasteiger partial charge >= 0.3 is 0 Å². The molecule has 0 fully saturated rings. The molecule has 2 N–H and O–H groups in total. The predicted molar refractivity (Wildman–Crippen MR) is 91.5 cm³/mol. The Hall–Kier alpha value is -2.78. The third-order valence-corrected chi connectivity index (χ3v) is 4.83. The van der Waals surface area contributed by atoms with E-state index in [1.54, 1.807) is 0 Å². The Bertz CT molecular complexity index is 970. The SMILES string of the molecule is Cc1noc(C(=O)Cc2ccc(F)c([C@@]3(C)N=C(N)[C@@](C)(F)CC3(F)F)c2)n1. The number of hydrogen-bond donors (Lipinski definition) is 1. The number of nitrogens with zero attached hydrogens (tertiary/aromatic N) is 3. The van der Waals surface area contributed by atoms with Crippen LogP contribution in [0.1, 0.15) is 47.9 Å². The number of carbonyl (C=O) groups is 1. The van der Waals surface area contributed by atoms with Crippen LogP contribution >= 0.6 is 0 Å². The maximum Gasteiger partial charge on any atom is 0.294 e. The normalized spacial score (nSPS) is 26.8. The first kappa shape index (κ1) is 20.0. The largest absolute Gasteiger partial charge is 0.385 e. The highest BCUT2D eigenvalue weighted by Crippen LogP contribution is 2.50. The molecule has 0 aliphatic carbocycles. The van der Waals surface area contributed by atoms with Crippen LogP contribution in [0.5, 0.6) is 0 Å². The Labute approximate surface area is 157 Å². The highest BCUT2D eigenvalue weighted by atomic mass is 19.3. The second kappa shape index (κ2) is 6.39. The summed E-state index contributed by atoms with van der Waals surface area (Å²) in [7, 11) is 0. The molecule has 0 spiro atoms. The van der Waals surface area contributed by atoms with E-state index in [1.165, 1.54) is 13.0 Å². The summed E-state index contributed by atoms with van der Waals surface area (Å²) in [4.78, 5) is 19.6. The fourth-order valence-corrected chi connectivity index (χ4v) is 3.10. The first-order valence-corrected chi connectivity index (χ1v) is 8.41. The Morgan fingerprint density at radius 3 is 2.57 bits per heavy atom. The zero-order chi connectivity index (χ0) is 20.9. The molecule has 0 saturated carbocycles. The molecule has 10 heteroatoms. The molecule has 0 radical (unpaired) electrons. The van der Waals surface area contributed by atoms with Gasteiger partial charge in [0.25, 0.3) is 11.8 Å². The van der Waals surface area contributed by atoms with Crippen LogP contribution in [0.25, 0.3) is 0 Å². The smallest absolute Gasteiger partial charge is 0.294 e. The van der Waals surface area contributed by atoms with Gasteiger partial charge in [0.1, 0.15) is 11.7 Å². The molecule has 6 nitrogen and oxygen atoms in total. The molecule has 0 bridgehead atoms. The van der Waals surface area contributed by atoms with E-state index in [0.717, 1.165) is 26.0 Å². The molecule has 0 saturated heterocycles. The van der Waals surface area contributed by atoms with Gasteiger partial charge in [-0.25, -0.2) is 17.6 Å². The number of carbonyl (C=O) groups excluding carboxylic acids is 1. The highest BCUT2D eigenvalue weighted by Gasteiger charge is 2.60. The molecule has 28 heavy (non-hydrogen) atoms. The molecule has 150 valence electrons. The molecule has 3 rings (SSSR count). The lowest BCUT2D eigenvalue weighted by atomic mass is 9.77. The standard InChI is InChI=1S/C18H18F4N4O2/c1-9-24-14(28-26-9)13(27)7-10-4-5-12(19)11(6-10)17(3)18(21,22)8-16(2,20)15(23)25-17/h4-6H,7-8H2,1-3H3,(H2,23,25)/t16-,17+/m0/s1. The maximum absolute atomic E-state index is 14.8. The lowest BCUT2D eigenvalue weighted by Crippen LogP contribution is -2.56. The zero-order valence-electron chi connectivity index (χ0n) is 15.4. The second-order valence-corrected chi connectivity index (χ2v) is 7.21. The van der Waals surface area contributed by atoms with E-state index in [0.29, 0.717) is 0 Å². The summed E-state index contributed by atoms with van der Waals surface area (Å²) in [5.74, 6) is -5.86. The number of aromatic nitrogens is 2. The van der Waals surface area contributed by atoms with Gasteiger partial charge in [0.2, 0.25) is 5.78 Å². The predicted octanol–water partition coefficient (Wildman–Crippen LogP) is 3.28. The number of Topliss-reactive ketones (excluding diaryl/α,β-unsaturated/α-hetero) is 1.